The summed E-state index contributed by atoms with van der Waals surface area (Å²) >= 11 is 0. The number of sulfonamides is 1. The van der Waals surface area contributed by atoms with E-state index in [1.807, 2.05) is 37.3 Å². The smallest absolute Gasteiger partial charge is 0.276 e. The van der Waals surface area contributed by atoms with Crippen LogP contribution in [0.4, 0.5) is 0 Å². The van der Waals surface area contributed by atoms with Crippen LogP contribution in [0, 0.1) is 12.8 Å². The van der Waals surface area contributed by atoms with Gasteiger partial charge in [-0.05, 0) is 61.1 Å². The first-order valence-electron chi connectivity index (χ1n) is 11.0. The number of rotatable bonds is 7. The third kappa shape index (κ3) is 6.55. The Bertz CT molecular complexity index is 1080. The molecule has 1 fully saturated rings. The van der Waals surface area contributed by atoms with Crippen molar-refractivity contribution in [2.24, 2.45) is 5.92 Å². The molecule has 2 amide bonds. The molecule has 0 aromatic heterocycles. The number of aryl methyl sites for hydroxylation is 1. The van der Waals surface area contributed by atoms with Crippen LogP contribution in [0.3, 0.4) is 0 Å². The number of hydrazine groups is 1. The normalized spacial score (nSPS) is 15.3. The lowest BCUT2D eigenvalue weighted by Crippen LogP contribution is -2.49. The Morgan fingerprint density at radius 3 is 2.33 bits per heavy atom. The Morgan fingerprint density at radius 1 is 1.06 bits per heavy atom. The maximum atomic E-state index is 12.9. The Labute approximate surface area is 195 Å². The summed E-state index contributed by atoms with van der Waals surface area (Å²) in [5.41, 5.74) is 6.86. The number of carbonyl (C=O) groups is 2. The van der Waals surface area contributed by atoms with E-state index in [9.17, 15) is 18.0 Å². The lowest BCUT2D eigenvalue weighted by molar-refractivity contribution is -0.132. The number of amides is 2. The summed E-state index contributed by atoms with van der Waals surface area (Å²) in [7, 11) is -3.60. The van der Waals surface area contributed by atoms with Gasteiger partial charge in [0.05, 0.1) is 4.90 Å². The van der Waals surface area contributed by atoms with E-state index < -0.39 is 15.9 Å². The summed E-state index contributed by atoms with van der Waals surface area (Å²) in [5, 5.41) is 0. The molecule has 0 atom stereocenters. The summed E-state index contributed by atoms with van der Waals surface area (Å²) in [4.78, 5) is 24.6. The molecule has 3 rings (SSSR count). The van der Waals surface area contributed by atoms with Crippen molar-refractivity contribution in [2.45, 2.75) is 44.4 Å². The van der Waals surface area contributed by atoms with Crippen molar-refractivity contribution in [3.63, 3.8) is 0 Å². The van der Waals surface area contributed by atoms with Crippen LogP contribution in [0.2, 0.25) is 0 Å². The van der Waals surface area contributed by atoms with Crippen molar-refractivity contribution >= 4 is 21.8 Å². The first kappa shape index (κ1) is 24.7. The summed E-state index contributed by atoms with van der Waals surface area (Å²) < 4.78 is 32.7. The zero-order valence-electron chi connectivity index (χ0n) is 19.2. The molecule has 2 aromatic rings. The molecule has 1 aliphatic rings. The highest BCUT2D eigenvalue weighted by molar-refractivity contribution is 7.89. The molecule has 0 unspecified atom stereocenters. The molecule has 0 aliphatic carbocycles. The third-order valence-electron chi connectivity index (χ3n) is 5.69. The van der Waals surface area contributed by atoms with E-state index in [1.165, 1.54) is 4.31 Å². The SMILES string of the molecule is Cc1cccc(OCC(=O)NNC(=O)C2CCN(S(=O)(=O)c3ccc(C(C)C)cc3)CC2)c1. The monoisotopic (exact) mass is 473 g/mol. The van der Waals surface area contributed by atoms with Gasteiger partial charge < -0.3 is 4.74 Å². The summed E-state index contributed by atoms with van der Waals surface area (Å²) in [6, 6.07) is 14.3. The summed E-state index contributed by atoms with van der Waals surface area (Å²) in [6.45, 7) is 6.30. The van der Waals surface area contributed by atoms with E-state index in [0.29, 0.717) is 24.5 Å². The third-order valence-corrected chi connectivity index (χ3v) is 7.61. The van der Waals surface area contributed by atoms with Gasteiger partial charge in [0, 0.05) is 19.0 Å². The van der Waals surface area contributed by atoms with Gasteiger partial charge in [0.1, 0.15) is 5.75 Å². The standard InChI is InChI=1S/C24H31N3O5S/c1-17(2)19-7-9-22(10-8-19)33(30,31)27-13-11-20(12-14-27)24(29)26-25-23(28)16-32-21-6-4-5-18(3)15-21/h4-10,15,17,20H,11-14,16H2,1-3H3,(H,25,28)(H,26,29). The Balaban J connectivity index is 1.45. The van der Waals surface area contributed by atoms with E-state index in [0.717, 1.165) is 11.1 Å². The molecular formula is C24H31N3O5S. The molecule has 2 aromatic carbocycles. The fourth-order valence-corrected chi connectivity index (χ4v) is 5.13. The highest BCUT2D eigenvalue weighted by Gasteiger charge is 2.32. The molecule has 0 saturated carbocycles. The lowest BCUT2D eigenvalue weighted by atomic mass is 9.98. The van der Waals surface area contributed by atoms with Gasteiger partial charge in [-0.1, -0.05) is 38.1 Å². The second-order valence-corrected chi connectivity index (χ2v) is 10.5. The predicted octanol–water partition coefficient (Wildman–Crippen LogP) is 2.75. The fraction of sp³-hybridized carbons (Fsp3) is 0.417. The van der Waals surface area contributed by atoms with Gasteiger partial charge in [-0.3, -0.25) is 20.4 Å². The van der Waals surface area contributed by atoms with Crippen LogP contribution in [-0.2, 0) is 19.6 Å². The number of hydrogen-bond donors (Lipinski definition) is 2. The molecule has 1 heterocycles. The highest BCUT2D eigenvalue weighted by Crippen LogP contribution is 2.25. The Kier molecular flexibility index (Phi) is 8.10. The predicted molar refractivity (Wildman–Crippen MR) is 125 cm³/mol. The molecule has 1 saturated heterocycles. The van der Waals surface area contributed by atoms with E-state index in [-0.39, 0.29) is 36.4 Å². The van der Waals surface area contributed by atoms with Gasteiger partial charge in [-0.25, -0.2) is 8.42 Å². The summed E-state index contributed by atoms with van der Waals surface area (Å²) in [6.07, 6.45) is 0.760. The van der Waals surface area contributed by atoms with Gasteiger partial charge in [-0.2, -0.15) is 4.31 Å². The van der Waals surface area contributed by atoms with Crippen molar-refractivity contribution in [1.29, 1.82) is 0 Å². The van der Waals surface area contributed by atoms with Crippen molar-refractivity contribution < 1.29 is 22.7 Å². The second-order valence-electron chi connectivity index (χ2n) is 8.54. The van der Waals surface area contributed by atoms with Gasteiger partial charge in [0.15, 0.2) is 6.61 Å². The highest BCUT2D eigenvalue weighted by atomic mass is 32.2. The van der Waals surface area contributed by atoms with Crippen LogP contribution in [0.5, 0.6) is 5.75 Å². The molecule has 1 aliphatic heterocycles. The average Bonchev–Trinajstić information content (AvgIpc) is 2.81. The van der Waals surface area contributed by atoms with E-state index in [4.69, 9.17) is 4.74 Å². The summed E-state index contributed by atoms with van der Waals surface area (Å²) in [5.74, 6) is -0.292. The number of nitrogens with zero attached hydrogens (tertiary/aromatic N) is 1. The topological polar surface area (TPSA) is 105 Å². The van der Waals surface area contributed by atoms with Crippen molar-refractivity contribution in [2.75, 3.05) is 19.7 Å². The van der Waals surface area contributed by atoms with Gasteiger partial charge in [-0.15, -0.1) is 0 Å². The molecule has 0 bridgehead atoms. The van der Waals surface area contributed by atoms with Crippen LogP contribution >= 0.6 is 0 Å². The van der Waals surface area contributed by atoms with Gasteiger partial charge in [0.2, 0.25) is 15.9 Å². The van der Waals surface area contributed by atoms with Gasteiger partial charge in [0.25, 0.3) is 5.91 Å². The Hall–Kier alpha value is -2.91. The number of ether oxygens (including phenoxy) is 1. The quantitative estimate of drug-likeness (QED) is 0.602. The van der Waals surface area contributed by atoms with Crippen LogP contribution < -0.4 is 15.6 Å². The van der Waals surface area contributed by atoms with Crippen LogP contribution in [0.15, 0.2) is 53.4 Å². The zero-order chi connectivity index (χ0) is 24.0. The fourth-order valence-electron chi connectivity index (χ4n) is 3.66. The van der Waals surface area contributed by atoms with Crippen molar-refractivity contribution in [3.8, 4) is 5.75 Å². The minimum Gasteiger partial charge on any atom is -0.484 e. The Morgan fingerprint density at radius 2 is 1.73 bits per heavy atom. The second kappa shape index (κ2) is 10.8. The number of hydrogen-bond acceptors (Lipinski definition) is 5. The average molecular weight is 474 g/mol. The van der Waals surface area contributed by atoms with Crippen LogP contribution in [0.1, 0.15) is 43.7 Å². The van der Waals surface area contributed by atoms with E-state index in [1.54, 1.807) is 18.2 Å². The zero-order valence-corrected chi connectivity index (χ0v) is 20.0. The lowest BCUT2D eigenvalue weighted by Gasteiger charge is -2.30. The van der Waals surface area contributed by atoms with Crippen molar-refractivity contribution in [1.82, 2.24) is 15.2 Å². The number of nitrogens with one attached hydrogen (secondary N) is 2. The molecule has 8 nitrogen and oxygen atoms in total. The number of piperidine rings is 1. The molecule has 0 radical (unpaired) electrons. The maximum Gasteiger partial charge on any atom is 0.276 e. The van der Waals surface area contributed by atoms with Crippen LogP contribution in [0.25, 0.3) is 0 Å². The van der Waals surface area contributed by atoms with E-state index >= 15 is 0 Å². The maximum absolute atomic E-state index is 12.9. The first-order chi connectivity index (χ1) is 15.7. The molecule has 0 spiro atoms. The van der Waals surface area contributed by atoms with Gasteiger partial charge >= 0.3 is 0 Å². The molecule has 9 heteroatoms. The molecule has 33 heavy (non-hydrogen) atoms. The molecule has 2 N–H and O–H groups in total. The number of benzene rings is 2. The largest absolute Gasteiger partial charge is 0.484 e. The number of carbonyl (C=O) groups excluding carboxylic acids is 2. The minimum atomic E-state index is -3.60. The van der Waals surface area contributed by atoms with Crippen LogP contribution in [-0.4, -0.2) is 44.2 Å². The molecular weight excluding hydrogens is 442 g/mol. The first-order valence-corrected chi connectivity index (χ1v) is 12.5. The minimum absolute atomic E-state index is 0.226. The van der Waals surface area contributed by atoms with Crippen molar-refractivity contribution in [3.05, 3.63) is 59.7 Å². The molecule has 178 valence electrons. The van der Waals surface area contributed by atoms with E-state index in [2.05, 4.69) is 24.7 Å².